The molecule has 0 radical (unpaired) electrons. The van der Waals surface area contributed by atoms with Gasteiger partial charge in [0.25, 0.3) is 0 Å². The van der Waals surface area contributed by atoms with Gasteiger partial charge in [-0.15, -0.1) is 0 Å². The van der Waals surface area contributed by atoms with Crippen molar-refractivity contribution in [3.8, 4) is 0 Å². The normalized spacial score (nSPS) is 25.0. The van der Waals surface area contributed by atoms with Crippen LogP contribution in [-0.4, -0.2) is 33.6 Å². The molecule has 2 atom stereocenters. The number of benzene rings is 1. The minimum absolute atomic E-state index is 0.382. The maximum absolute atomic E-state index is 9.10. The molecule has 3 heteroatoms. The van der Waals surface area contributed by atoms with E-state index >= 15 is 0 Å². The Balaban J connectivity index is 0.000000146. The topological polar surface area (TPSA) is 53.0 Å². The number of hydrogen-bond acceptors (Lipinski definition) is 3. The third-order valence-corrected chi connectivity index (χ3v) is 4.56. The molecular weight excluding hydrogens is 264 g/mol. The molecule has 1 aromatic carbocycles. The molecular formula is C18H22O3. The van der Waals surface area contributed by atoms with Gasteiger partial charge in [0.05, 0.1) is 11.2 Å². The molecule has 2 aliphatic carbocycles. The summed E-state index contributed by atoms with van der Waals surface area (Å²) in [5.41, 5.74) is 3.61. The van der Waals surface area contributed by atoms with Gasteiger partial charge in [-0.3, -0.25) is 0 Å². The maximum Gasteiger partial charge on any atom is 0.114 e. The van der Waals surface area contributed by atoms with Crippen molar-refractivity contribution in [1.29, 1.82) is 0 Å². The van der Waals surface area contributed by atoms with E-state index in [0.717, 1.165) is 0 Å². The van der Waals surface area contributed by atoms with Gasteiger partial charge in [0.1, 0.15) is 12.2 Å². The third-order valence-electron chi connectivity index (χ3n) is 4.56. The fourth-order valence-corrected chi connectivity index (χ4v) is 2.36. The minimum atomic E-state index is -1.01. The summed E-state index contributed by atoms with van der Waals surface area (Å²) in [7, 11) is 0. The first-order valence-corrected chi connectivity index (χ1v) is 7.32. The van der Waals surface area contributed by atoms with E-state index in [9.17, 15) is 0 Å². The Morgan fingerprint density at radius 2 is 1.52 bits per heavy atom. The Bertz CT molecular complexity index is 615. The molecule has 1 aliphatic heterocycles. The summed E-state index contributed by atoms with van der Waals surface area (Å²) in [6, 6.07) is 8.56. The average Bonchev–Trinajstić information content (AvgIpc) is 3.10. The number of epoxide rings is 1. The summed E-state index contributed by atoms with van der Waals surface area (Å²) in [6.45, 7) is 6.31. The Labute approximate surface area is 125 Å². The number of ether oxygens (including phenoxy) is 1. The van der Waals surface area contributed by atoms with Crippen LogP contribution in [0.15, 0.2) is 36.4 Å². The van der Waals surface area contributed by atoms with Crippen LogP contribution in [0.4, 0.5) is 0 Å². The molecule has 3 nitrogen and oxygen atoms in total. The lowest BCUT2D eigenvalue weighted by atomic mass is 9.76. The van der Waals surface area contributed by atoms with Crippen LogP contribution in [0.3, 0.4) is 0 Å². The highest BCUT2D eigenvalue weighted by Crippen LogP contribution is 2.52. The molecule has 4 rings (SSSR count). The summed E-state index contributed by atoms with van der Waals surface area (Å²) >= 11 is 0. The molecule has 1 aromatic rings. The van der Waals surface area contributed by atoms with E-state index in [1.165, 1.54) is 22.3 Å². The SMILES string of the molecule is C1=CC2OC2C2=C1c1ccccc12.CC(C)(O)C(C)(C)O. The summed E-state index contributed by atoms with van der Waals surface area (Å²) in [4.78, 5) is 0. The van der Waals surface area contributed by atoms with Crippen LogP contribution in [0.2, 0.25) is 0 Å². The molecule has 3 aliphatic rings. The highest BCUT2D eigenvalue weighted by Gasteiger charge is 2.47. The molecule has 0 amide bonds. The van der Waals surface area contributed by atoms with Crippen LogP contribution in [0.25, 0.3) is 11.1 Å². The molecule has 1 saturated heterocycles. The zero-order valence-corrected chi connectivity index (χ0v) is 12.9. The van der Waals surface area contributed by atoms with Gasteiger partial charge in [0.2, 0.25) is 0 Å². The van der Waals surface area contributed by atoms with Gasteiger partial charge >= 0.3 is 0 Å². The number of aliphatic hydroxyl groups is 2. The lowest BCUT2D eigenvalue weighted by Crippen LogP contribution is -2.44. The fourth-order valence-electron chi connectivity index (χ4n) is 2.36. The minimum Gasteiger partial charge on any atom is -0.387 e. The van der Waals surface area contributed by atoms with E-state index in [4.69, 9.17) is 14.9 Å². The molecule has 112 valence electrons. The first-order valence-electron chi connectivity index (χ1n) is 7.32. The molecule has 1 fully saturated rings. The van der Waals surface area contributed by atoms with Crippen LogP contribution in [0, 0.1) is 0 Å². The van der Waals surface area contributed by atoms with Crippen LogP contribution in [0.1, 0.15) is 38.8 Å². The van der Waals surface area contributed by atoms with E-state index < -0.39 is 11.2 Å². The molecule has 0 spiro atoms. The molecule has 1 heterocycles. The largest absolute Gasteiger partial charge is 0.387 e. The lowest BCUT2D eigenvalue weighted by molar-refractivity contribution is -0.107. The van der Waals surface area contributed by atoms with Crippen LogP contribution in [-0.2, 0) is 4.74 Å². The third kappa shape index (κ3) is 2.46. The Hall–Kier alpha value is -1.42. The van der Waals surface area contributed by atoms with E-state index in [1.807, 2.05) is 0 Å². The second-order valence-electron chi connectivity index (χ2n) is 6.87. The van der Waals surface area contributed by atoms with Crippen molar-refractivity contribution in [2.24, 2.45) is 0 Å². The summed E-state index contributed by atoms with van der Waals surface area (Å²) in [5, 5.41) is 18.2. The van der Waals surface area contributed by atoms with Crippen molar-refractivity contribution in [2.75, 3.05) is 0 Å². The van der Waals surface area contributed by atoms with Crippen LogP contribution in [0.5, 0.6) is 0 Å². The van der Waals surface area contributed by atoms with E-state index in [1.54, 1.807) is 27.7 Å². The average molecular weight is 286 g/mol. The van der Waals surface area contributed by atoms with Crippen molar-refractivity contribution in [1.82, 2.24) is 0 Å². The first-order chi connectivity index (χ1) is 9.70. The summed E-state index contributed by atoms with van der Waals surface area (Å²) in [5.74, 6) is 0. The van der Waals surface area contributed by atoms with Gasteiger partial charge in [0.15, 0.2) is 0 Å². The van der Waals surface area contributed by atoms with E-state index in [0.29, 0.717) is 12.2 Å². The molecule has 0 aromatic heterocycles. The predicted molar refractivity (Wildman–Crippen MR) is 83.7 cm³/mol. The van der Waals surface area contributed by atoms with Gasteiger partial charge in [-0.25, -0.2) is 0 Å². The zero-order valence-electron chi connectivity index (χ0n) is 12.9. The maximum atomic E-state index is 9.10. The molecule has 0 bridgehead atoms. The second kappa shape index (κ2) is 4.54. The lowest BCUT2D eigenvalue weighted by Gasteiger charge is -2.31. The van der Waals surface area contributed by atoms with Crippen molar-refractivity contribution >= 4 is 11.1 Å². The first kappa shape index (κ1) is 14.5. The summed E-state index contributed by atoms with van der Waals surface area (Å²) < 4.78 is 5.52. The van der Waals surface area contributed by atoms with Gasteiger partial charge < -0.3 is 14.9 Å². The number of hydrogen-bond donors (Lipinski definition) is 2. The quantitative estimate of drug-likeness (QED) is 0.781. The van der Waals surface area contributed by atoms with Crippen LogP contribution < -0.4 is 0 Å². The Kier molecular flexibility index (Phi) is 3.14. The molecule has 2 unspecified atom stereocenters. The standard InChI is InChI=1S/C12H8O.C6H14O2/c1-2-4-8-7(3-1)9-5-6-10-12(13-10)11(8)9;1-5(2,7)6(3,4)8/h1-6,10,12H;7-8H,1-4H3. The highest BCUT2D eigenvalue weighted by molar-refractivity contribution is 6.10. The van der Waals surface area contributed by atoms with Gasteiger partial charge in [-0.05, 0) is 50.0 Å². The summed E-state index contributed by atoms with van der Waals surface area (Å²) in [6.07, 6.45) is 5.13. The molecule has 21 heavy (non-hydrogen) atoms. The van der Waals surface area contributed by atoms with Crippen molar-refractivity contribution in [3.05, 3.63) is 47.5 Å². The predicted octanol–water partition coefficient (Wildman–Crippen LogP) is 2.78. The zero-order chi connectivity index (χ0) is 15.4. The number of allylic oxidation sites excluding steroid dienone is 2. The van der Waals surface area contributed by atoms with Crippen molar-refractivity contribution in [3.63, 3.8) is 0 Å². The Morgan fingerprint density at radius 1 is 0.952 bits per heavy atom. The van der Waals surface area contributed by atoms with Crippen molar-refractivity contribution in [2.45, 2.75) is 51.1 Å². The molecule has 2 N–H and O–H groups in total. The fraction of sp³-hybridized carbons (Fsp3) is 0.444. The van der Waals surface area contributed by atoms with E-state index in [2.05, 4.69) is 36.4 Å². The van der Waals surface area contributed by atoms with Crippen molar-refractivity contribution < 1.29 is 14.9 Å². The Morgan fingerprint density at radius 3 is 2.10 bits per heavy atom. The van der Waals surface area contributed by atoms with E-state index in [-0.39, 0.29) is 0 Å². The van der Waals surface area contributed by atoms with Gasteiger partial charge in [0, 0.05) is 0 Å². The smallest absolute Gasteiger partial charge is 0.114 e. The highest BCUT2D eigenvalue weighted by atomic mass is 16.6. The van der Waals surface area contributed by atoms with Gasteiger partial charge in [-0.1, -0.05) is 36.4 Å². The number of fused-ring (bicyclic) bond motifs is 5. The number of rotatable bonds is 1. The second-order valence-corrected chi connectivity index (χ2v) is 6.87. The van der Waals surface area contributed by atoms with Crippen LogP contribution >= 0.6 is 0 Å². The molecule has 0 saturated carbocycles. The monoisotopic (exact) mass is 286 g/mol. The van der Waals surface area contributed by atoms with Gasteiger partial charge in [-0.2, -0.15) is 0 Å².